The van der Waals surface area contributed by atoms with Crippen LogP contribution in [-0.4, -0.2) is 28.1 Å². The van der Waals surface area contributed by atoms with E-state index >= 15 is 0 Å². The van der Waals surface area contributed by atoms with Crippen molar-refractivity contribution < 1.29 is 14.8 Å². The van der Waals surface area contributed by atoms with Gasteiger partial charge in [-0.25, -0.2) is 0 Å². The second kappa shape index (κ2) is 5.32. The summed E-state index contributed by atoms with van der Waals surface area (Å²) in [6.45, 7) is 0. The normalized spacial score (nSPS) is 9.44. The second-order valence-electron chi connectivity index (χ2n) is 3.54. The Labute approximate surface area is 104 Å². The van der Waals surface area contributed by atoms with E-state index < -0.39 is 7.12 Å². The van der Waals surface area contributed by atoms with Crippen molar-refractivity contribution in [3.63, 3.8) is 0 Å². The fourth-order valence-electron chi connectivity index (χ4n) is 1.35. The Morgan fingerprint density at radius 2 is 1.94 bits per heavy atom. The zero-order valence-corrected chi connectivity index (χ0v) is 9.29. The molecular weight excluding hydrogens is 231 g/mol. The number of benzene rings is 1. The Bertz CT molecular complexity index is 529. The van der Waals surface area contributed by atoms with Crippen molar-refractivity contribution >= 4 is 24.3 Å². The van der Waals surface area contributed by atoms with Crippen LogP contribution in [0.25, 0.3) is 0 Å². The van der Waals surface area contributed by atoms with Gasteiger partial charge in [0, 0.05) is 11.8 Å². The summed E-state index contributed by atoms with van der Waals surface area (Å²) in [5, 5.41) is 20.4. The summed E-state index contributed by atoms with van der Waals surface area (Å²) in [7, 11) is -1.54. The quantitative estimate of drug-likeness (QED) is 0.638. The summed E-state index contributed by atoms with van der Waals surface area (Å²) in [5.74, 6) is 0.0473. The van der Waals surface area contributed by atoms with Gasteiger partial charge in [-0.15, -0.1) is 0 Å². The number of aromatic nitrogens is 1. The lowest BCUT2D eigenvalue weighted by atomic mass is 9.80. The van der Waals surface area contributed by atoms with Gasteiger partial charge in [-0.1, -0.05) is 12.1 Å². The number of nitrogens with one attached hydrogen (secondary N) is 1. The van der Waals surface area contributed by atoms with Crippen LogP contribution in [0.4, 0.5) is 5.82 Å². The highest BCUT2D eigenvalue weighted by molar-refractivity contribution is 6.58. The zero-order chi connectivity index (χ0) is 13.0. The Kier molecular flexibility index (Phi) is 3.58. The topological polar surface area (TPSA) is 82.5 Å². The molecule has 0 radical (unpaired) electrons. The van der Waals surface area contributed by atoms with Gasteiger partial charge in [0.1, 0.15) is 5.82 Å². The van der Waals surface area contributed by atoms with Gasteiger partial charge in [-0.3, -0.25) is 4.79 Å². The lowest BCUT2D eigenvalue weighted by molar-refractivity contribution is 0.102. The number of carbonyl (C=O) groups is 1. The first-order valence-electron chi connectivity index (χ1n) is 5.19. The van der Waals surface area contributed by atoms with E-state index in [1.54, 1.807) is 12.1 Å². The minimum Gasteiger partial charge on any atom is -0.423 e. The van der Waals surface area contributed by atoms with Crippen LogP contribution in [0.15, 0.2) is 36.4 Å². The third kappa shape index (κ3) is 2.85. The molecule has 0 saturated heterocycles. The van der Waals surface area contributed by atoms with Gasteiger partial charge in [-0.2, -0.15) is 4.98 Å². The Balaban J connectivity index is 2.10. The number of rotatable bonds is 3. The third-order valence-electron chi connectivity index (χ3n) is 2.28. The van der Waals surface area contributed by atoms with Crippen LogP contribution in [0, 0.1) is 12.3 Å². The SMILES string of the molecule is O=C(Nc1ccc#cn1)c1ccc(B(O)O)cc1. The molecule has 0 spiro atoms. The lowest BCUT2D eigenvalue weighted by Crippen LogP contribution is -2.29. The van der Waals surface area contributed by atoms with Crippen molar-refractivity contribution in [1.82, 2.24) is 4.98 Å². The molecule has 2 aromatic rings. The average molecular weight is 240 g/mol. The Morgan fingerprint density at radius 1 is 1.22 bits per heavy atom. The van der Waals surface area contributed by atoms with E-state index in [1.165, 1.54) is 24.3 Å². The van der Waals surface area contributed by atoms with Crippen LogP contribution in [0.3, 0.4) is 0 Å². The van der Waals surface area contributed by atoms with E-state index in [4.69, 9.17) is 10.0 Å². The zero-order valence-electron chi connectivity index (χ0n) is 9.29. The van der Waals surface area contributed by atoms with Gasteiger partial charge in [0.05, 0.1) is 0 Å². The van der Waals surface area contributed by atoms with Crippen LogP contribution in [0.2, 0.25) is 0 Å². The molecule has 0 saturated carbocycles. The van der Waals surface area contributed by atoms with Crippen molar-refractivity contribution in [1.29, 1.82) is 0 Å². The number of hydrogen-bond donors (Lipinski definition) is 3. The van der Waals surface area contributed by atoms with Crippen LogP contribution >= 0.6 is 0 Å². The molecule has 1 aromatic heterocycles. The first-order valence-corrected chi connectivity index (χ1v) is 5.19. The molecule has 0 atom stereocenters. The van der Waals surface area contributed by atoms with E-state index in [1.807, 2.05) is 0 Å². The molecule has 1 amide bonds. The molecule has 3 N–H and O–H groups in total. The number of carbonyl (C=O) groups excluding carboxylic acids is 1. The monoisotopic (exact) mass is 240 g/mol. The summed E-state index contributed by atoms with van der Waals surface area (Å²) in [4.78, 5) is 15.6. The highest BCUT2D eigenvalue weighted by atomic mass is 16.4. The minimum atomic E-state index is -1.54. The van der Waals surface area contributed by atoms with Gasteiger partial charge in [0.2, 0.25) is 0 Å². The minimum absolute atomic E-state index is 0.326. The van der Waals surface area contributed by atoms with Gasteiger partial charge in [0.15, 0.2) is 0 Å². The van der Waals surface area contributed by atoms with Crippen molar-refractivity contribution in [3.8, 4) is 0 Å². The van der Waals surface area contributed by atoms with Crippen LogP contribution < -0.4 is 10.8 Å². The molecule has 0 aliphatic rings. The Hall–Kier alpha value is -2.36. The first kappa shape index (κ1) is 12.1. The molecule has 0 unspecified atom stereocenters. The molecule has 0 aliphatic heterocycles. The molecule has 5 nitrogen and oxygen atoms in total. The smallest absolute Gasteiger partial charge is 0.423 e. The van der Waals surface area contributed by atoms with Gasteiger partial charge >= 0.3 is 7.12 Å². The molecule has 6 heteroatoms. The van der Waals surface area contributed by atoms with E-state index in [9.17, 15) is 4.79 Å². The first-order chi connectivity index (χ1) is 8.66. The molecule has 0 aliphatic carbocycles. The van der Waals surface area contributed by atoms with E-state index in [-0.39, 0.29) is 5.91 Å². The molecule has 18 heavy (non-hydrogen) atoms. The molecule has 1 aromatic carbocycles. The fourth-order valence-corrected chi connectivity index (χ4v) is 1.35. The van der Waals surface area contributed by atoms with Crippen LogP contribution in [0.1, 0.15) is 10.4 Å². The second-order valence-corrected chi connectivity index (χ2v) is 3.54. The number of nitrogens with zero attached hydrogens (tertiary/aromatic N) is 1. The maximum Gasteiger partial charge on any atom is 0.488 e. The maximum atomic E-state index is 11.8. The molecular formula is C12H9BN2O3. The van der Waals surface area contributed by atoms with Crippen LogP contribution in [0.5, 0.6) is 0 Å². The molecule has 1 heterocycles. The summed E-state index contributed by atoms with van der Waals surface area (Å²) in [5.41, 5.74) is 0.723. The largest absolute Gasteiger partial charge is 0.488 e. The predicted octanol–water partition coefficient (Wildman–Crippen LogP) is -0.386. The van der Waals surface area contributed by atoms with Crippen molar-refractivity contribution in [2.24, 2.45) is 0 Å². The predicted molar refractivity (Wildman–Crippen MR) is 66.1 cm³/mol. The summed E-state index contributed by atoms with van der Waals surface area (Å²) < 4.78 is 0. The molecule has 0 bridgehead atoms. The lowest BCUT2D eigenvalue weighted by Gasteiger charge is -2.04. The van der Waals surface area contributed by atoms with Crippen molar-refractivity contribution in [3.05, 3.63) is 54.2 Å². The van der Waals surface area contributed by atoms with E-state index in [0.717, 1.165) is 0 Å². The summed E-state index contributed by atoms with van der Waals surface area (Å²) in [6.07, 6.45) is 2.49. The number of anilines is 1. The summed E-state index contributed by atoms with van der Waals surface area (Å²) >= 11 is 0. The molecule has 0 fully saturated rings. The molecule has 88 valence electrons. The third-order valence-corrected chi connectivity index (χ3v) is 2.28. The fraction of sp³-hybridized carbons (Fsp3) is 0. The van der Waals surface area contributed by atoms with Crippen molar-refractivity contribution in [2.45, 2.75) is 0 Å². The maximum absolute atomic E-state index is 11.8. The summed E-state index contributed by atoms with van der Waals surface area (Å²) in [6, 6.07) is 11.8. The number of amides is 1. The van der Waals surface area contributed by atoms with Crippen molar-refractivity contribution in [2.75, 3.05) is 5.32 Å². The highest BCUT2D eigenvalue weighted by Crippen LogP contribution is 2.03. The number of hydrogen-bond acceptors (Lipinski definition) is 4. The van der Waals surface area contributed by atoms with Gasteiger partial charge in [-0.05, 0) is 35.8 Å². The van der Waals surface area contributed by atoms with Gasteiger partial charge < -0.3 is 15.4 Å². The standard InChI is InChI=1S/C12H9BN2O3/c16-12(15-11-3-1-2-8-14-11)9-4-6-10(7-5-9)13(17)18/h1,3-7,17-18H,(H,14,15,16). The highest BCUT2D eigenvalue weighted by Gasteiger charge is 2.12. The Morgan fingerprint density at radius 3 is 2.50 bits per heavy atom. The van der Waals surface area contributed by atoms with Crippen LogP contribution in [-0.2, 0) is 0 Å². The molecule has 2 rings (SSSR count). The van der Waals surface area contributed by atoms with E-state index in [2.05, 4.69) is 22.6 Å². The van der Waals surface area contributed by atoms with E-state index in [0.29, 0.717) is 16.8 Å². The average Bonchev–Trinajstić information content (AvgIpc) is 2.40. The van der Waals surface area contributed by atoms with Gasteiger partial charge in [0.25, 0.3) is 5.91 Å².